The van der Waals surface area contributed by atoms with E-state index >= 15 is 0 Å². The first-order chi connectivity index (χ1) is 4.46. The Morgan fingerprint density at radius 1 is 0.833 bits per heavy atom. The maximum Gasteiger partial charge on any atom is 0.108 e. The van der Waals surface area contributed by atoms with Gasteiger partial charge in [0, 0.05) is 0 Å². The molecule has 0 aromatic carbocycles. The Morgan fingerprint density at radius 2 is 1.00 bits per heavy atom. The van der Waals surface area contributed by atoms with Crippen molar-refractivity contribution >= 4 is 12.4 Å². The van der Waals surface area contributed by atoms with Crippen molar-refractivity contribution < 1.29 is 15.3 Å². The maximum absolute atomic E-state index is 8.96. The predicted octanol–water partition coefficient (Wildman–Crippen LogP) is -0.113. The molecule has 0 saturated heterocycles. The Morgan fingerprint density at radius 3 is 1.00 bits per heavy atom. The first kappa shape index (κ1) is 18.0. The zero-order valence-corrected chi connectivity index (χ0v) is 8.45. The summed E-state index contributed by atoms with van der Waals surface area (Å²) in [4.78, 5) is 1.17. The second-order valence-corrected chi connectivity index (χ2v) is 2.34. The molecule has 0 saturated carbocycles. The highest BCUT2D eigenvalue weighted by molar-refractivity contribution is 5.85. The van der Waals surface area contributed by atoms with Gasteiger partial charge in [-0.1, -0.05) is 0 Å². The lowest BCUT2D eigenvalue weighted by atomic mass is 10.4. The van der Waals surface area contributed by atoms with Crippen LogP contribution in [0.25, 0.3) is 0 Å². The number of hydrogen-bond donors (Lipinski definition) is 4. The Bertz CT molecular complexity index is 81.8. The lowest BCUT2D eigenvalue weighted by Crippen LogP contribution is -2.45. The number of nitrogens with zero attached hydrogens (tertiary/aromatic N) is 1. The summed E-state index contributed by atoms with van der Waals surface area (Å²) in [5.74, 6) is 0. The van der Waals surface area contributed by atoms with Gasteiger partial charge in [0.15, 0.2) is 0 Å². The summed E-state index contributed by atoms with van der Waals surface area (Å²) in [6, 6.07) is 0. The van der Waals surface area contributed by atoms with Gasteiger partial charge in [0.25, 0.3) is 0 Å². The molecule has 0 aromatic heterocycles. The van der Waals surface area contributed by atoms with Crippen molar-refractivity contribution in [3.05, 3.63) is 0 Å². The topological polar surface area (TPSA) is 98.9 Å². The molecule has 0 aliphatic heterocycles. The summed E-state index contributed by atoms with van der Waals surface area (Å²) in [5, 5.41) is 26.9. The molecule has 0 amide bonds. The van der Waals surface area contributed by atoms with Crippen LogP contribution in [0.4, 0.5) is 0 Å². The Balaban J connectivity index is -0.000000405. The van der Waals surface area contributed by atoms with E-state index in [4.69, 9.17) is 15.3 Å². The molecule has 5 nitrogen and oxygen atoms in total. The molecular formula is C6H19ClN2O3. The quantitative estimate of drug-likeness (QED) is 0.479. The fraction of sp³-hybridized carbons (Fsp3) is 1.00. The van der Waals surface area contributed by atoms with E-state index in [1.54, 1.807) is 0 Å². The lowest BCUT2D eigenvalue weighted by Gasteiger charge is -2.30. The van der Waals surface area contributed by atoms with E-state index in [1.807, 2.05) is 0 Å². The summed E-state index contributed by atoms with van der Waals surface area (Å²) >= 11 is 0. The van der Waals surface area contributed by atoms with E-state index in [9.17, 15) is 0 Å². The van der Waals surface area contributed by atoms with Gasteiger partial charge >= 0.3 is 0 Å². The molecule has 6 heteroatoms. The number of halogens is 1. The van der Waals surface area contributed by atoms with Gasteiger partial charge in [0.1, 0.15) is 18.7 Å². The minimum atomic E-state index is -0.833. The van der Waals surface area contributed by atoms with Crippen LogP contribution in [0.1, 0.15) is 20.8 Å². The molecule has 6 N–H and O–H groups in total. The van der Waals surface area contributed by atoms with Crippen molar-refractivity contribution in [2.75, 3.05) is 0 Å². The van der Waals surface area contributed by atoms with E-state index < -0.39 is 18.7 Å². The van der Waals surface area contributed by atoms with Gasteiger partial charge < -0.3 is 21.5 Å². The van der Waals surface area contributed by atoms with Gasteiger partial charge in [-0.25, -0.2) is 4.90 Å². The van der Waals surface area contributed by atoms with Crippen LogP contribution in [0, 0.1) is 0 Å². The average molecular weight is 203 g/mol. The third-order valence-electron chi connectivity index (χ3n) is 1.29. The summed E-state index contributed by atoms with van der Waals surface area (Å²) in [6.45, 7) is 4.46. The third kappa shape index (κ3) is 5.70. The normalized spacial score (nSPS) is 17.2. The van der Waals surface area contributed by atoms with Crippen LogP contribution in [-0.2, 0) is 0 Å². The van der Waals surface area contributed by atoms with E-state index in [1.165, 1.54) is 25.7 Å². The molecule has 0 aliphatic carbocycles. The monoisotopic (exact) mass is 202 g/mol. The van der Waals surface area contributed by atoms with E-state index in [2.05, 4.69) is 0 Å². The standard InChI is InChI=1S/C6H15NO3.ClH.H3N/c1-4(8)7(5(2)9)6(3)10;;/h4-6,8-10H,1-3H3;1H;1H3. The smallest absolute Gasteiger partial charge is 0.108 e. The van der Waals surface area contributed by atoms with Crippen molar-refractivity contribution in [1.82, 2.24) is 11.1 Å². The van der Waals surface area contributed by atoms with Crippen molar-refractivity contribution in [3.8, 4) is 0 Å². The SMILES string of the molecule is CC(O)N(C(C)O)C(C)O.Cl.N. The van der Waals surface area contributed by atoms with Crippen molar-refractivity contribution in [2.45, 2.75) is 39.5 Å². The number of aliphatic hydroxyl groups is 3. The van der Waals surface area contributed by atoms with Crippen LogP contribution in [0.15, 0.2) is 0 Å². The largest absolute Gasteiger partial charge is 0.379 e. The Labute approximate surface area is 79.0 Å². The molecule has 0 spiro atoms. The first-order valence-corrected chi connectivity index (χ1v) is 3.28. The van der Waals surface area contributed by atoms with Crippen LogP contribution < -0.4 is 6.15 Å². The van der Waals surface area contributed by atoms with E-state index in [-0.39, 0.29) is 18.6 Å². The molecule has 3 atom stereocenters. The van der Waals surface area contributed by atoms with Crippen LogP contribution in [0.2, 0.25) is 0 Å². The van der Waals surface area contributed by atoms with Crippen LogP contribution in [0.5, 0.6) is 0 Å². The molecule has 0 heterocycles. The Kier molecular flexibility index (Phi) is 11.6. The molecular weight excluding hydrogens is 184 g/mol. The predicted molar refractivity (Wildman–Crippen MR) is 49.2 cm³/mol. The summed E-state index contributed by atoms with van der Waals surface area (Å²) in [5.41, 5.74) is 0. The zero-order valence-electron chi connectivity index (χ0n) is 7.64. The summed E-state index contributed by atoms with van der Waals surface area (Å²) in [7, 11) is 0. The summed E-state index contributed by atoms with van der Waals surface area (Å²) < 4.78 is 0. The zero-order chi connectivity index (χ0) is 8.31. The van der Waals surface area contributed by atoms with Crippen LogP contribution in [-0.4, -0.2) is 38.9 Å². The van der Waals surface area contributed by atoms with Crippen molar-refractivity contribution in [2.24, 2.45) is 0 Å². The van der Waals surface area contributed by atoms with Crippen molar-refractivity contribution in [3.63, 3.8) is 0 Å². The fourth-order valence-corrected chi connectivity index (χ4v) is 0.937. The number of aliphatic hydroxyl groups excluding tert-OH is 3. The average Bonchev–Trinajstić information content (AvgIpc) is 1.59. The number of hydrogen-bond acceptors (Lipinski definition) is 5. The summed E-state index contributed by atoms with van der Waals surface area (Å²) in [6.07, 6.45) is -2.50. The molecule has 0 rings (SSSR count). The lowest BCUT2D eigenvalue weighted by molar-refractivity contribution is -0.159. The minimum Gasteiger partial charge on any atom is -0.379 e. The Hall–Kier alpha value is 0.0900. The molecule has 78 valence electrons. The molecule has 0 radical (unpaired) electrons. The molecule has 0 fully saturated rings. The molecule has 0 aromatic rings. The third-order valence-corrected chi connectivity index (χ3v) is 1.29. The molecule has 12 heavy (non-hydrogen) atoms. The van der Waals surface area contributed by atoms with Crippen LogP contribution >= 0.6 is 12.4 Å². The van der Waals surface area contributed by atoms with E-state index in [0.717, 1.165) is 0 Å². The van der Waals surface area contributed by atoms with Gasteiger partial charge in [-0.15, -0.1) is 12.4 Å². The van der Waals surface area contributed by atoms with Gasteiger partial charge in [0.2, 0.25) is 0 Å². The van der Waals surface area contributed by atoms with Gasteiger partial charge in [0.05, 0.1) is 0 Å². The second kappa shape index (κ2) is 7.72. The van der Waals surface area contributed by atoms with Gasteiger partial charge in [-0.2, -0.15) is 0 Å². The minimum absolute atomic E-state index is 0. The maximum atomic E-state index is 8.96. The van der Waals surface area contributed by atoms with E-state index in [0.29, 0.717) is 0 Å². The highest BCUT2D eigenvalue weighted by atomic mass is 35.5. The molecule has 3 unspecified atom stereocenters. The first-order valence-electron chi connectivity index (χ1n) is 3.28. The highest BCUT2D eigenvalue weighted by Crippen LogP contribution is 2.04. The van der Waals surface area contributed by atoms with Crippen molar-refractivity contribution in [1.29, 1.82) is 0 Å². The molecule has 0 bridgehead atoms. The fourth-order valence-electron chi connectivity index (χ4n) is 0.937. The van der Waals surface area contributed by atoms with Gasteiger partial charge in [-0.05, 0) is 20.8 Å². The molecule has 0 aliphatic rings. The number of rotatable bonds is 3. The highest BCUT2D eigenvalue weighted by Gasteiger charge is 2.19. The van der Waals surface area contributed by atoms with Crippen LogP contribution in [0.3, 0.4) is 0 Å². The van der Waals surface area contributed by atoms with Gasteiger partial charge in [-0.3, -0.25) is 0 Å². The second-order valence-electron chi connectivity index (χ2n) is 2.34.